The quantitative estimate of drug-likeness (QED) is 0.313. The predicted molar refractivity (Wildman–Crippen MR) is 103 cm³/mol. The Morgan fingerprint density at radius 2 is 2.04 bits per heavy atom. The van der Waals surface area contributed by atoms with E-state index in [1.807, 2.05) is 4.90 Å². The molecule has 12 heteroatoms. The van der Waals surface area contributed by atoms with Gasteiger partial charge in [0.2, 0.25) is 15.9 Å². The number of sulfonamides is 1. The van der Waals surface area contributed by atoms with Gasteiger partial charge in [0.15, 0.2) is 5.96 Å². The number of guanidine groups is 1. The first-order valence-corrected chi connectivity index (χ1v) is 9.10. The van der Waals surface area contributed by atoms with Crippen LogP contribution in [0.5, 0.6) is 0 Å². The van der Waals surface area contributed by atoms with Crippen LogP contribution in [0.3, 0.4) is 0 Å². The molecule has 0 radical (unpaired) electrons. The topological polar surface area (TPSA) is 120 Å². The van der Waals surface area contributed by atoms with Crippen LogP contribution in [0.2, 0.25) is 0 Å². The Balaban J connectivity index is 0.00000312. The number of nitrogens with zero attached hydrogens (tertiary/aromatic N) is 4. The molecular formula is C13H23IN6O4S. The van der Waals surface area contributed by atoms with Gasteiger partial charge in [-0.3, -0.25) is 9.79 Å². The van der Waals surface area contributed by atoms with Gasteiger partial charge in [-0.15, -0.1) is 24.0 Å². The molecule has 142 valence electrons. The largest absolute Gasteiger partial charge is 0.364 e. The average molecular weight is 486 g/mol. The summed E-state index contributed by atoms with van der Waals surface area (Å²) >= 11 is 0. The molecule has 1 aromatic rings. The van der Waals surface area contributed by atoms with Crippen molar-refractivity contribution >= 4 is 45.9 Å². The lowest BCUT2D eigenvalue weighted by atomic mass is 10.4. The number of nitrogens with one attached hydrogen (secondary N) is 2. The van der Waals surface area contributed by atoms with E-state index >= 15 is 0 Å². The standard InChI is InChI=1S/C13H22N6O4S.HI/c1-14-12(20)9-16-13(15-2)18-4-6-19(7-5-18)24(21,22)10-11-3-8-23-17-11;/h3,8H,4-7,9-10H2,1-2H3,(H,14,20)(H,15,16);1H. The van der Waals surface area contributed by atoms with Crippen molar-refractivity contribution in [2.24, 2.45) is 4.99 Å². The molecule has 1 aromatic heterocycles. The van der Waals surface area contributed by atoms with Crippen LogP contribution in [0.1, 0.15) is 5.69 Å². The maximum absolute atomic E-state index is 12.4. The van der Waals surface area contributed by atoms with E-state index in [4.69, 9.17) is 0 Å². The molecule has 0 atom stereocenters. The van der Waals surface area contributed by atoms with E-state index in [9.17, 15) is 13.2 Å². The Hall–Kier alpha value is -1.41. The molecule has 0 aromatic carbocycles. The van der Waals surface area contributed by atoms with Gasteiger partial charge < -0.3 is 20.1 Å². The summed E-state index contributed by atoms with van der Waals surface area (Å²) in [7, 11) is -0.246. The summed E-state index contributed by atoms with van der Waals surface area (Å²) in [5, 5.41) is 9.12. The van der Waals surface area contributed by atoms with Gasteiger partial charge in [-0.1, -0.05) is 5.16 Å². The van der Waals surface area contributed by atoms with Crippen molar-refractivity contribution in [2.75, 3.05) is 46.8 Å². The number of carbonyl (C=O) groups is 1. The summed E-state index contributed by atoms with van der Waals surface area (Å²) in [6.45, 7) is 1.80. The van der Waals surface area contributed by atoms with E-state index in [-0.39, 0.29) is 42.2 Å². The average Bonchev–Trinajstić information content (AvgIpc) is 3.07. The molecule has 0 unspecified atom stereocenters. The van der Waals surface area contributed by atoms with Crippen LogP contribution in [0.25, 0.3) is 0 Å². The zero-order valence-electron chi connectivity index (χ0n) is 14.1. The van der Waals surface area contributed by atoms with Crippen LogP contribution in [0.15, 0.2) is 21.8 Å². The van der Waals surface area contributed by atoms with E-state index in [0.29, 0.717) is 37.8 Å². The predicted octanol–water partition coefficient (Wildman–Crippen LogP) is -0.939. The smallest absolute Gasteiger partial charge is 0.239 e. The second kappa shape index (κ2) is 9.91. The molecule has 0 saturated carbocycles. The molecule has 1 amide bonds. The lowest BCUT2D eigenvalue weighted by Gasteiger charge is -2.35. The van der Waals surface area contributed by atoms with Gasteiger partial charge in [0.25, 0.3) is 0 Å². The minimum absolute atomic E-state index is 0. The highest BCUT2D eigenvalue weighted by molar-refractivity contribution is 14.0. The molecule has 1 aliphatic rings. The maximum atomic E-state index is 12.4. The monoisotopic (exact) mass is 486 g/mol. The van der Waals surface area contributed by atoms with Crippen molar-refractivity contribution in [3.05, 3.63) is 18.0 Å². The first-order chi connectivity index (χ1) is 11.5. The molecule has 0 aliphatic carbocycles. The molecule has 2 rings (SSSR count). The minimum Gasteiger partial charge on any atom is -0.364 e. The first-order valence-electron chi connectivity index (χ1n) is 7.49. The molecule has 1 aliphatic heterocycles. The Bertz CT molecular complexity index is 671. The highest BCUT2D eigenvalue weighted by Gasteiger charge is 2.29. The number of carbonyl (C=O) groups excluding carboxylic acids is 1. The first kappa shape index (κ1) is 21.6. The van der Waals surface area contributed by atoms with Gasteiger partial charge in [0.1, 0.15) is 12.0 Å². The maximum Gasteiger partial charge on any atom is 0.239 e. The van der Waals surface area contributed by atoms with E-state index in [1.165, 1.54) is 10.6 Å². The number of aliphatic imine (C=N–C) groups is 1. The van der Waals surface area contributed by atoms with Crippen LogP contribution in [-0.2, 0) is 20.6 Å². The fourth-order valence-electron chi connectivity index (χ4n) is 2.35. The molecule has 2 heterocycles. The fraction of sp³-hybridized carbons (Fsp3) is 0.615. The van der Waals surface area contributed by atoms with Gasteiger partial charge in [-0.2, -0.15) is 4.31 Å². The van der Waals surface area contributed by atoms with Crippen molar-refractivity contribution in [1.29, 1.82) is 0 Å². The number of rotatable bonds is 5. The Morgan fingerprint density at radius 1 is 1.36 bits per heavy atom. The van der Waals surface area contributed by atoms with Gasteiger partial charge in [-0.05, 0) is 0 Å². The van der Waals surface area contributed by atoms with Gasteiger partial charge in [0, 0.05) is 46.3 Å². The van der Waals surface area contributed by atoms with E-state index < -0.39 is 10.0 Å². The summed E-state index contributed by atoms with van der Waals surface area (Å²) in [5.41, 5.74) is 0.389. The highest BCUT2D eigenvalue weighted by Crippen LogP contribution is 2.12. The lowest BCUT2D eigenvalue weighted by molar-refractivity contribution is -0.119. The van der Waals surface area contributed by atoms with Gasteiger partial charge >= 0.3 is 0 Å². The molecule has 2 N–H and O–H groups in total. The number of hydrogen-bond donors (Lipinski definition) is 2. The minimum atomic E-state index is -3.43. The lowest BCUT2D eigenvalue weighted by Crippen LogP contribution is -2.54. The summed E-state index contributed by atoms with van der Waals surface area (Å²) in [5.74, 6) is 0.254. The molecule has 0 bridgehead atoms. The number of aromatic nitrogens is 1. The molecule has 1 saturated heterocycles. The Morgan fingerprint density at radius 3 is 2.56 bits per heavy atom. The number of halogens is 1. The fourth-order valence-corrected chi connectivity index (χ4v) is 3.77. The number of amides is 1. The molecule has 25 heavy (non-hydrogen) atoms. The zero-order valence-corrected chi connectivity index (χ0v) is 17.3. The van der Waals surface area contributed by atoms with Crippen molar-refractivity contribution in [3.8, 4) is 0 Å². The third-order valence-corrected chi connectivity index (χ3v) is 5.46. The molecule has 0 spiro atoms. The van der Waals surface area contributed by atoms with Crippen molar-refractivity contribution < 1.29 is 17.7 Å². The number of likely N-dealkylation sites (N-methyl/N-ethyl adjacent to an activating group) is 1. The van der Waals surface area contributed by atoms with E-state index in [1.54, 1.807) is 20.2 Å². The number of piperazine rings is 1. The summed E-state index contributed by atoms with van der Waals surface area (Å²) in [6.07, 6.45) is 1.35. The summed E-state index contributed by atoms with van der Waals surface area (Å²) in [6, 6.07) is 1.54. The third kappa shape index (κ3) is 6.11. The Labute approximate surface area is 164 Å². The van der Waals surface area contributed by atoms with Gasteiger partial charge in [0.05, 0.1) is 12.2 Å². The second-order valence-corrected chi connectivity index (χ2v) is 7.18. The molecular weight excluding hydrogens is 463 g/mol. The normalized spacial score (nSPS) is 16.2. The van der Waals surface area contributed by atoms with Crippen LogP contribution in [0, 0.1) is 0 Å². The molecule has 10 nitrogen and oxygen atoms in total. The van der Waals surface area contributed by atoms with E-state index in [2.05, 4.69) is 25.3 Å². The number of hydrogen-bond acceptors (Lipinski definition) is 6. The van der Waals surface area contributed by atoms with Crippen LogP contribution < -0.4 is 10.6 Å². The molecule has 1 fully saturated rings. The SMILES string of the molecule is CN=C(NCC(=O)NC)N1CCN(S(=O)(=O)Cc2ccon2)CC1.I. The highest BCUT2D eigenvalue weighted by atomic mass is 127. The Kier molecular flexibility index (Phi) is 8.58. The van der Waals surface area contributed by atoms with Crippen molar-refractivity contribution in [1.82, 2.24) is 25.0 Å². The van der Waals surface area contributed by atoms with Crippen LogP contribution in [0.4, 0.5) is 0 Å². The van der Waals surface area contributed by atoms with Crippen LogP contribution in [-0.4, -0.2) is 81.5 Å². The second-order valence-electron chi connectivity index (χ2n) is 5.21. The summed E-state index contributed by atoms with van der Waals surface area (Å²) < 4.78 is 30.9. The third-order valence-electron chi connectivity index (χ3n) is 3.65. The van der Waals surface area contributed by atoms with Crippen molar-refractivity contribution in [3.63, 3.8) is 0 Å². The zero-order chi connectivity index (χ0) is 17.6. The van der Waals surface area contributed by atoms with Gasteiger partial charge in [-0.25, -0.2) is 8.42 Å². The van der Waals surface area contributed by atoms with E-state index in [0.717, 1.165) is 0 Å². The van der Waals surface area contributed by atoms with Crippen LogP contribution >= 0.6 is 24.0 Å². The summed E-state index contributed by atoms with van der Waals surface area (Å²) in [4.78, 5) is 17.4. The van der Waals surface area contributed by atoms with Crippen molar-refractivity contribution in [2.45, 2.75) is 5.75 Å².